The lowest BCUT2D eigenvalue weighted by atomic mass is 9.93. The molecule has 0 bridgehead atoms. The number of benzene rings is 1. The largest absolute Gasteiger partial charge is 0.494 e. The molecule has 164 valence electrons. The molecule has 1 aromatic rings. The number of ether oxygens (including phenoxy) is 2. The third-order valence-electron chi connectivity index (χ3n) is 5.39. The summed E-state index contributed by atoms with van der Waals surface area (Å²) in [4.78, 5) is 22.7. The highest BCUT2D eigenvalue weighted by atomic mass is 16.5. The average molecular weight is 408 g/mol. The molecule has 1 N–H and O–H groups in total. The van der Waals surface area contributed by atoms with Crippen LogP contribution in [0, 0.1) is 6.92 Å². The van der Waals surface area contributed by atoms with Gasteiger partial charge in [-0.25, -0.2) is 4.79 Å². The van der Waals surface area contributed by atoms with Crippen molar-refractivity contribution < 1.29 is 24.2 Å². The number of methoxy groups -OCH3 is 1. The van der Waals surface area contributed by atoms with E-state index in [0.717, 1.165) is 36.7 Å². The van der Waals surface area contributed by atoms with E-state index < -0.39 is 0 Å². The second-order valence-electron chi connectivity index (χ2n) is 7.75. The fraction of sp³-hybridized carbons (Fsp3) is 0.652. The number of hydrogen-bond donors (Lipinski definition) is 1. The van der Waals surface area contributed by atoms with Crippen molar-refractivity contribution in [1.29, 1.82) is 0 Å². The average Bonchev–Trinajstić information content (AvgIpc) is 2.71. The van der Waals surface area contributed by atoms with Gasteiger partial charge in [0.15, 0.2) is 0 Å². The summed E-state index contributed by atoms with van der Waals surface area (Å²) < 4.78 is 10.6. The maximum Gasteiger partial charge on any atom is 0.338 e. The highest BCUT2D eigenvalue weighted by molar-refractivity contribution is 5.91. The summed E-state index contributed by atoms with van der Waals surface area (Å²) in [6.45, 7) is 8.16. The lowest BCUT2D eigenvalue weighted by Crippen LogP contribution is -2.42. The maximum atomic E-state index is 11.6. The zero-order valence-corrected chi connectivity index (χ0v) is 18.4. The third kappa shape index (κ3) is 8.86. The number of nitrogens with zero attached hydrogens (tertiary/aromatic N) is 1. The van der Waals surface area contributed by atoms with Gasteiger partial charge in [-0.1, -0.05) is 19.3 Å². The van der Waals surface area contributed by atoms with Crippen LogP contribution in [0.25, 0.3) is 0 Å². The van der Waals surface area contributed by atoms with Crippen LogP contribution in [0.1, 0.15) is 74.7 Å². The normalized spacial score (nSPS) is 14.3. The molecule has 6 nitrogen and oxygen atoms in total. The van der Waals surface area contributed by atoms with Crippen molar-refractivity contribution >= 4 is 12.4 Å². The van der Waals surface area contributed by atoms with Crippen molar-refractivity contribution in [1.82, 2.24) is 4.90 Å². The Bertz CT molecular complexity index is 611. The van der Waals surface area contributed by atoms with Crippen LogP contribution in [-0.2, 0) is 9.53 Å². The minimum atomic E-state index is -0.300. The number of carbonyl (C=O) groups excluding carboxylic acids is 1. The van der Waals surface area contributed by atoms with Crippen LogP contribution in [0.2, 0.25) is 0 Å². The van der Waals surface area contributed by atoms with Gasteiger partial charge >= 0.3 is 5.97 Å². The standard InChI is InChI=1S/C22H35NO3.CH2O2/c1-17(2)23(19-10-6-5-7-11-19)14-8-9-15-26-20-12-13-21(18(3)16-20)22(24)25-4;2-1-3/h12-13,16-17,19H,5-11,14-15H2,1-4H3;1H,(H,2,3). The van der Waals surface area contributed by atoms with Gasteiger partial charge in [-0.15, -0.1) is 0 Å². The Morgan fingerprint density at radius 3 is 2.45 bits per heavy atom. The van der Waals surface area contributed by atoms with Crippen molar-refractivity contribution in [3.8, 4) is 5.75 Å². The fourth-order valence-electron chi connectivity index (χ4n) is 3.93. The monoisotopic (exact) mass is 407 g/mol. The molecule has 0 saturated heterocycles. The predicted molar refractivity (Wildman–Crippen MR) is 115 cm³/mol. The summed E-state index contributed by atoms with van der Waals surface area (Å²) in [5.74, 6) is 0.522. The van der Waals surface area contributed by atoms with E-state index in [0.29, 0.717) is 18.2 Å². The highest BCUT2D eigenvalue weighted by Gasteiger charge is 2.22. The summed E-state index contributed by atoms with van der Waals surface area (Å²) in [6.07, 6.45) is 9.11. The molecule has 1 saturated carbocycles. The van der Waals surface area contributed by atoms with Gasteiger partial charge in [0.1, 0.15) is 5.75 Å². The lowest BCUT2D eigenvalue weighted by Gasteiger charge is -2.37. The Hall–Kier alpha value is -2.08. The van der Waals surface area contributed by atoms with E-state index in [1.807, 2.05) is 19.1 Å². The van der Waals surface area contributed by atoms with Crippen LogP contribution in [0.15, 0.2) is 18.2 Å². The highest BCUT2D eigenvalue weighted by Crippen LogP contribution is 2.24. The molecule has 0 radical (unpaired) electrons. The number of rotatable bonds is 9. The minimum Gasteiger partial charge on any atom is -0.494 e. The number of esters is 1. The van der Waals surface area contributed by atoms with Crippen molar-refractivity contribution in [2.24, 2.45) is 0 Å². The molecule has 1 aliphatic carbocycles. The molecule has 0 atom stereocenters. The lowest BCUT2D eigenvalue weighted by molar-refractivity contribution is -0.122. The Balaban J connectivity index is 0.00000132. The Morgan fingerprint density at radius 2 is 1.90 bits per heavy atom. The first-order valence-corrected chi connectivity index (χ1v) is 10.6. The number of unbranched alkanes of at least 4 members (excludes halogenated alkanes) is 1. The molecule has 1 fully saturated rings. The summed E-state index contributed by atoms with van der Waals surface area (Å²) in [6, 6.07) is 6.93. The van der Waals surface area contributed by atoms with Gasteiger partial charge in [0.2, 0.25) is 0 Å². The molecule has 0 aromatic heterocycles. The SMILES string of the molecule is COC(=O)c1ccc(OCCCCN(C(C)C)C2CCCCC2)cc1C.O=CO. The molecule has 0 amide bonds. The van der Waals surface area contributed by atoms with Gasteiger partial charge in [-0.05, 0) is 76.8 Å². The minimum absolute atomic E-state index is 0.250. The summed E-state index contributed by atoms with van der Waals surface area (Å²) in [5, 5.41) is 6.89. The van der Waals surface area contributed by atoms with E-state index >= 15 is 0 Å². The first-order valence-electron chi connectivity index (χ1n) is 10.6. The zero-order valence-electron chi connectivity index (χ0n) is 18.4. The van der Waals surface area contributed by atoms with Crippen LogP contribution < -0.4 is 4.74 Å². The molecular formula is C23H37NO5. The predicted octanol–water partition coefficient (Wildman–Crippen LogP) is 4.68. The molecule has 0 heterocycles. The van der Waals surface area contributed by atoms with Crippen LogP contribution in [0.3, 0.4) is 0 Å². The van der Waals surface area contributed by atoms with Gasteiger partial charge < -0.3 is 14.6 Å². The van der Waals surface area contributed by atoms with E-state index in [4.69, 9.17) is 19.4 Å². The topological polar surface area (TPSA) is 76.1 Å². The smallest absolute Gasteiger partial charge is 0.338 e. The van der Waals surface area contributed by atoms with E-state index in [9.17, 15) is 4.79 Å². The van der Waals surface area contributed by atoms with Gasteiger partial charge in [-0.2, -0.15) is 0 Å². The van der Waals surface area contributed by atoms with Crippen LogP contribution >= 0.6 is 0 Å². The van der Waals surface area contributed by atoms with Crippen molar-refractivity contribution in [3.05, 3.63) is 29.3 Å². The van der Waals surface area contributed by atoms with Crippen LogP contribution in [0.5, 0.6) is 5.75 Å². The molecule has 2 rings (SSSR count). The zero-order chi connectivity index (χ0) is 21.6. The van der Waals surface area contributed by atoms with E-state index in [-0.39, 0.29) is 12.4 Å². The molecule has 29 heavy (non-hydrogen) atoms. The van der Waals surface area contributed by atoms with Crippen LogP contribution in [0.4, 0.5) is 0 Å². The molecule has 1 aromatic carbocycles. The first-order chi connectivity index (χ1) is 13.9. The second-order valence-corrected chi connectivity index (χ2v) is 7.75. The maximum absolute atomic E-state index is 11.6. The molecule has 6 heteroatoms. The van der Waals surface area contributed by atoms with E-state index in [2.05, 4.69) is 18.7 Å². The number of aryl methyl sites for hydroxylation is 1. The third-order valence-corrected chi connectivity index (χ3v) is 5.39. The van der Waals surface area contributed by atoms with Crippen molar-refractivity contribution in [2.45, 2.75) is 77.8 Å². The number of carboxylic acid groups (broad SMARTS) is 1. The summed E-state index contributed by atoms with van der Waals surface area (Å²) in [7, 11) is 1.40. The van der Waals surface area contributed by atoms with Gasteiger partial charge in [0.25, 0.3) is 6.47 Å². The summed E-state index contributed by atoms with van der Waals surface area (Å²) in [5.41, 5.74) is 1.48. The van der Waals surface area contributed by atoms with Crippen molar-refractivity contribution in [3.63, 3.8) is 0 Å². The van der Waals surface area contributed by atoms with Gasteiger partial charge in [0.05, 0.1) is 19.3 Å². The number of carbonyl (C=O) groups is 2. The van der Waals surface area contributed by atoms with E-state index in [1.54, 1.807) is 6.07 Å². The molecule has 0 aliphatic heterocycles. The first kappa shape index (κ1) is 25.0. The Labute approximate surface area is 175 Å². The van der Waals surface area contributed by atoms with Gasteiger partial charge in [0, 0.05) is 12.1 Å². The Morgan fingerprint density at radius 1 is 1.24 bits per heavy atom. The van der Waals surface area contributed by atoms with Crippen LogP contribution in [-0.4, -0.2) is 54.8 Å². The number of hydrogen-bond acceptors (Lipinski definition) is 5. The molecule has 0 spiro atoms. The quantitative estimate of drug-likeness (QED) is 0.364. The Kier molecular flexibility index (Phi) is 12.0. The molecule has 0 unspecified atom stereocenters. The molecule has 1 aliphatic rings. The van der Waals surface area contributed by atoms with Gasteiger partial charge in [-0.3, -0.25) is 9.69 Å². The summed E-state index contributed by atoms with van der Waals surface area (Å²) >= 11 is 0. The van der Waals surface area contributed by atoms with E-state index in [1.165, 1.54) is 39.2 Å². The molecular weight excluding hydrogens is 370 g/mol. The second kappa shape index (κ2) is 14.0. The fourth-order valence-corrected chi connectivity index (χ4v) is 3.93. The van der Waals surface area contributed by atoms with Crippen molar-refractivity contribution in [2.75, 3.05) is 20.3 Å².